The maximum atomic E-state index is 5.97. The van der Waals surface area contributed by atoms with E-state index in [2.05, 4.69) is 27.7 Å². The minimum Gasteiger partial charge on any atom is -0.379 e. The van der Waals surface area contributed by atoms with Gasteiger partial charge in [-0.25, -0.2) is 0 Å². The molecule has 0 fully saturated rings. The van der Waals surface area contributed by atoms with Crippen LogP contribution in [0.15, 0.2) is 0 Å². The smallest absolute Gasteiger partial charge is 0.0781 e. The molecular weight excluding hydrogens is 504 g/mol. The Labute approximate surface area is 260 Å². The first kappa shape index (κ1) is 40.9. The second-order valence-corrected chi connectivity index (χ2v) is 13.1. The lowest BCUT2D eigenvalue weighted by Gasteiger charge is -2.18. The van der Waals surface area contributed by atoms with Crippen molar-refractivity contribution >= 4 is 0 Å². The van der Waals surface area contributed by atoms with Gasteiger partial charge in [0.05, 0.1) is 25.4 Å². The van der Waals surface area contributed by atoms with Crippen LogP contribution in [0.1, 0.15) is 207 Å². The first-order valence-electron chi connectivity index (χ1n) is 19.0. The van der Waals surface area contributed by atoms with Gasteiger partial charge in [-0.15, -0.1) is 0 Å². The van der Waals surface area contributed by atoms with E-state index < -0.39 is 0 Å². The summed E-state index contributed by atoms with van der Waals surface area (Å²) in [6.45, 7) is 11.9. The molecule has 0 aliphatic rings. The van der Waals surface area contributed by atoms with Crippen LogP contribution in [0.5, 0.6) is 0 Å². The minimum absolute atomic E-state index is 0.147. The summed E-state index contributed by atoms with van der Waals surface area (Å²) in [7, 11) is 0. The van der Waals surface area contributed by atoms with E-state index in [1.54, 1.807) is 0 Å². The molecule has 0 aliphatic carbocycles. The highest BCUT2D eigenvalue weighted by Gasteiger charge is 2.07. The summed E-state index contributed by atoms with van der Waals surface area (Å²) in [5.41, 5.74) is 0. The van der Waals surface area contributed by atoms with Crippen LogP contribution in [-0.4, -0.2) is 38.6 Å². The Bertz CT molecular complexity index is 455. The highest BCUT2D eigenvalue weighted by atomic mass is 16.6. The molecule has 2 atom stereocenters. The largest absolute Gasteiger partial charge is 0.379 e. The van der Waals surface area contributed by atoms with Gasteiger partial charge >= 0.3 is 0 Å². The van der Waals surface area contributed by atoms with Gasteiger partial charge in [0, 0.05) is 13.2 Å². The third-order valence-electron chi connectivity index (χ3n) is 8.51. The zero-order chi connectivity index (χ0) is 29.9. The van der Waals surface area contributed by atoms with E-state index in [1.807, 2.05) is 0 Å². The molecule has 0 aromatic carbocycles. The van der Waals surface area contributed by atoms with Gasteiger partial charge in [-0.1, -0.05) is 181 Å². The Kier molecular flexibility index (Phi) is 36.0. The molecule has 3 nitrogen and oxygen atoms in total. The summed E-state index contributed by atoms with van der Waals surface area (Å²) in [6, 6.07) is 0. The summed E-state index contributed by atoms with van der Waals surface area (Å²) in [5, 5.41) is 0. The molecule has 0 spiro atoms. The Hall–Kier alpha value is -0.120. The number of ether oxygens (including phenoxy) is 3. The van der Waals surface area contributed by atoms with E-state index in [-0.39, 0.29) is 12.2 Å². The van der Waals surface area contributed by atoms with E-state index in [9.17, 15) is 0 Å². The second kappa shape index (κ2) is 36.1. The topological polar surface area (TPSA) is 27.7 Å². The lowest BCUT2D eigenvalue weighted by atomic mass is 10.0. The Morgan fingerprint density at radius 1 is 0.317 bits per heavy atom. The molecule has 3 heteroatoms. The molecule has 0 aromatic rings. The molecule has 0 saturated carbocycles. The fourth-order valence-electron chi connectivity index (χ4n) is 5.63. The lowest BCUT2D eigenvalue weighted by molar-refractivity contribution is -0.0577. The average molecular weight is 583 g/mol. The summed E-state index contributed by atoms with van der Waals surface area (Å²) >= 11 is 0. The fraction of sp³-hybridized carbons (Fsp3) is 1.00. The third kappa shape index (κ3) is 36.0. The van der Waals surface area contributed by atoms with Crippen molar-refractivity contribution < 1.29 is 14.2 Å². The lowest BCUT2D eigenvalue weighted by Crippen LogP contribution is -2.24. The van der Waals surface area contributed by atoms with Gasteiger partial charge in [-0.3, -0.25) is 0 Å². The summed E-state index contributed by atoms with van der Waals surface area (Å²) in [5.74, 6) is 0. The molecule has 0 aromatic heterocycles. The van der Waals surface area contributed by atoms with E-state index in [0.29, 0.717) is 13.2 Å². The maximum Gasteiger partial charge on any atom is 0.0781 e. The Morgan fingerprint density at radius 3 is 0.976 bits per heavy atom. The van der Waals surface area contributed by atoms with Crippen molar-refractivity contribution in [2.45, 2.75) is 220 Å². The normalized spacial score (nSPS) is 13.2. The van der Waals surface area contributed by atoms with Crippen LogP contribution in [0.4, 0.5) is 0 Å². The van der Waals surface area contributed by atoms with Crippen molar-refractivity contribution in [1.29, 1.82) is 0 Å². The summed E-state index contributed by atoms with van der Waals surface area (Å²) in [6.07, 6.45) is 39.4. The van der Waals surface area contributed by atoms with E-state index in [4.69, 9.17) is 14.2 Å². The van der Waals surface area contributed by atoms with Crippen LogP contribution in [0.3, 0.4) is 0 Å². The maximum absolute atomic E-state index is 5.97. The molecule has 0 rings (SSSR count). The SMILES string of the molecule is CCCCCCCCCCCCCCCCOCC(C)OCC(C)OCCCCCCCCCCCCCCCC. The standard InChI is InChI=1S/C38H78O3/c1-5-7-9-11-13-15-17-19-21-23-25-27-29-31-33-39-35-37(3)41-36-38(4)40-34-32-30-28-26-24-22-20-18-16-14-12-10-8-6-2/h37-38H,5-36H2,1-4H3. The van der Waals surface area contributed by atoms with Crippen LogP contribution in [0.2, 0.25) is 0 Å². The first-order valence-corrected chi connectivity index (χ1v) is 19.0. The van der Waals surface area contributed by atoms with Crippen molar-refractivity contribution in [2.75, 3.05) is 26.4 Å². The third-order valence-corrected chi connectivity index (χ3v) is 8.51. The molecule has 41 heavy (non-hydrogen) atoms. The van der Waals surface area contributed by atoms with E-state index in [1.165, 1.54) is 180 Å². The molecule has 0 saturated heterocycles. The fourth-order valence-corrected chi connectivity index (χ4v) is 5.63. The first-order chi connectivity index (χ1) is 20.2. The summed E-state index contributed by atoms with van der Waals surface area (Å²) < 4.78 is 17.8. The second-order valence-electron chi connectivity index (χ2n) is 13.1. The van der Waals surface area contributed by atoms with Crippen molar-refractivity contribution in [1.82, 2.24) is 0 Å². The molecule has 0 N–H and O–H groups in total. The highest BCUT2D eigenvalue weighted by molar-refractivity contribution is 4.55. The van der Waals surface area contributed by atoms with Gasteiger partial charge in [0.15, 0.2) is 0 Å². The van der Waals surface area contributed by atoms with E-state index in [0.717, 1.165) is 13.2 Å². The highest BCUT2D eigenvalue weighted by Crippen LogP contribution is 2.14. The molecule has 0 heterocycles. The van der Waals surface area contributed by atoms with Crippen molar-refractivity contribution in [2.24, 2.45) is 0 Å². The van der Waals surface area contributed by atoms with Crippen molar-refractivity contribution in [3.05, 3.63) is 0 Å². The Balaban J connectivity index is 3.25. The van der Waals surface area contributed by atoms with Gasteiger partial charge in [-0.2, -0.15) is 0 Å². The quantitative estimate of drug-likeness (QED) is 0.0688. The zero-order valence-electron chi connectivity index (χ0n) is 29.0. The predicted molar refractivity (Wildman–Crippen MR) is 182 cm³/mol. The van der Waals surface area contributed by atoms with Crippen LogP contribution < -0.4 is 0 Å². The molecule has 0 amide bonds. The van der Waals surface area contributed by atoms with Crippen molar-refractivity contribution in [3.63, 3.8) is 0 Å². The monoisotopic (exact) mass is 583 g/mol. The van der Waals surface area contributed by atoms with Gasteiger partial charge in [0.1, 0.15) is 0 Å². The van der Waals surface area contributed by atoms with Crippen LogP contribution in [0.25, 0.3) is 0 Å². The number of hydrogen-bond donors (Lipinski definition) is 0. The van der Waals surface area contributed by atoms with Gasteiger partial charge in [0.25, 0.3) is 0 Å². The zero-order valence-corrected chi connectivity index (χ0v) is 29.0. The van der Waals surface area contributed by atoms with Crippen LogP contribution in [-0.2, 0) is 14.2 Å². The molecule has 0 bridgehead atoms. The average Bonchev–Trinajstić information content (AvgIpc) is 2.97. The van der Waals surface area contributed by atoms with Gasteiger partial charge in [-0.05, 0) is 26.7 Å². The molecule has 2 unspecified atom stereocenters. The Morgan fingerprint density at radius 2 is 0.610 bits per heavy atom. The molecule has 0 radical (unpaired) electrons. The molecular formula is C38H78O3. The predicted octanol–water partition coefficient (Wildman–Crippen LogP) is 12.8. The minimum atomic E-state index is 0.147. The van der Waals surface area contributed by atoms with Crippen LogP contribution >= 0.6 is 0 Å². The van der Waals surface area contributed by atoms with E-state index >= 15 is 0 Å². The van der Waals surface area contributed by atoms with Gasteiger partial charge < -0.3 is 14.2 Å². The van der Waals surface area contributed by atoms with Crippen LogP contribution in [0, 0.1) is 0 Å². The van der Waals surface area contributed by atoms with Gasteiger partial charge in [0.2, 0.25) is 0 Å². The number of unbranched alkanes of at least 4 members (excludes halogenated alkanes) is 26. The van der Waals surface area contributed by atoms with Crippen molar-refractivity contribution in [3.8, 4) is 0 Å². The number of hydrogen-bond acceptors (Lipinski definition) is 3. The molecule has 0 aliphatic heterocycles. The molecule has 248 valence electrons. The number of rotatable bonds is 36. The summed E-state index contributed by atoms with van der Waals surface area (Å²) in [4.78, 5) is 0.